The second-order valence-corrected chi connectivity index (χ2v) is 10.8. The first-order chi connectivity index (χ1) is 11.7. The molecular weight excluding hydrogens is 328 g/mol. The number of phenolic OH excluding ortho intramolecular Hbond substituents is 1. The molecule has 2 nitrogen and oxygen atoms in total. The standard InChI is InChI=1S/C22H30O2S/c1-20(2)7-5-8-22(4)18(20)6-9-21(3)15-10-14(12-23)16(24)11-17(15)25-13-19(21)22/h10-12,18-19,24H,5-9,13H2,1-4H3/t18-,19-,21-,22-/m0/s1. The molecule has 0 amide bonds. The highest BCUT2D eigenvalue weighted by Gasteiger charge is 2.59. The fraction of sp³-hybridized carbons (Fsp3) is 0.682. The summed E-state index contributed by atoms with van der Waals surface area (Å²) in [7, 11) is 0. The molecule has 0 radical (unpaired) electrons. The van der Waals surface area contributed by atoms with Gasteiger partial charge >= 0.3 is 0 Å². The molecular formula is C22H30O2S. The van der Waals surface area contributed by atoms with E-state index in [2.05, 4.69) is 27.7 Å². The van der Waals surface area contributed by atoms with Crippen LogP contribution < -0.4 is 0 Å². The summed E-state index contributed by atoms with van der Waals surface area (Å²) >= 11 is 1.88. The molecule has 1 aromatic carbocycles. The van der Waals surface area contributed by atoms with Crippen LogP contribution in [0.5, 0.6) is 5.75 Å². The Morgan fingerprint density at radius 1 is 1.12 bits per heavy atom. The van der Waals surface area contributed by atoms with Gasteiger partial charge in [-0.1, -0.05) is 34.1 Å². The van der Waals surface area contributed by atoms with Crippen molar-refractivity contribution in [3.63, 3.8) is 0 Å². The number of thioether (sulfide) groups is 1. The van der Waals surface area contributed by atoms with Gasteiger partial charge in [-0.15, -0.1) is 11.8 Å². The normalized spacial score (nSPS) is 39.0. The fourth-order valence-electron chi connectivity index (χ4n) is 6.77. The highest BCUT2D eigenvalue weighted by Crippen LogP contribution is 2.67. The Morgan fingerprint density at radius 3 is 2.60 bits per heavy atom. The van der Waals surface area contributed by atoms with Gasteiger partial charge in [0.2, 0.25) is 0 Å². The Labute approximate surface area is 155 Å². The minimum atomic E-state index is 0.116. The lowest BCUT2D eigenvalue weighted by Crippen LogP contribution is -2.58. The quantitative estimate of drug-likeness (QED) is 0.644. The summed E-state index contributed by atoms with van der Waals surface area (Å²) in [6.07, 6.45) is 7.28. The summed E-state index contributed by atoms with van der Waals surface area (Å²) in [6.45, 7) is 9.92. The molecule has 0 saturated heterocycles. The summed E-state index contributed by atoms with van der Waals surface area (Å²) in [5, 5.41) is 10.1. The van der Waals surface area contributed by atoms with Gasteiger partial charge in [0, 0.05) is 10.6 Å². The average molecular weight is 359 g/mol. The third-order valence-electron chi connectivity index (χ3n) is 8.07. The van der Waals surface area contributed by atoms with Gasteiger partial charge in [0.25, 0.3) is 0 Å². The second-order valence-electron chi connectivity index (χ2n) is 9.75. The van der Waals surface area contributed by atoms with Crippen molar-refractivity contribution < 1.29 is 9.90 Å². The van der Waals surface area contributed by atoms with E-state index in [9.17, 15) is 9.90 Å². The van der Waals surface area contributed by atoms with Crippen molar-refractivity contribution in [3.05, 3.63) is 23.3 Å². The van der Waals surface area contributed by atoms with Crippen molar-refractivity contribution in [1.29, 1.82) is 0 Å². The molecule has 1 heterocycles. The minimum Gasteiger partial charge on any atom is -0.507 e. The van der Waals surface area contributed by atoms with Crippen LogP contribution in [0.25, 0.3) is 0 Å². The highest BCUT2D eigenvalue weighted by molar-refractivity contribution is 7.99. The smallest absolute Gasteiger partial charge is 0.153 e. The molecule has 136 valence electrons. The van der Waals surface area contributed by atoms with Crippen molar-refractivity contribution in [3.8, 4) is 5.75 Å². The summed E-state index contributed by atoms with van der Waals surface area (Å²) in [5.41, 5.74) is 2.67. The predicted molar refractivity (Wildman–Crippen MR) is 104 cm³/mol. The number of hydrogen-bond acceptors (Lipinski definition) is 3. The third kappa shape index (κ3) is 2.34. The Hall–Kier alpha value is -0.960. The molecule has 0 spiro atoms. The lowest BCUT2D eigenvalue weighted by atomic mass is 9.43. The zero-order valence-electron chi connectivity index (χ0n) is 15.9. The van der Waals surface area contributed by atoms with Crippen LogP contribution in [0.4, 0.5) is 0 Å². The number of rotatable bonds is 1. The number of carbonyl (C=O) groups excluding carboxylic acids is 1. The first-order valence-corrected chi connectivity index (χ1v) is 10.7. The van der Waals surface area contributed by atoms with E-state index >= 15 is 0 Å². The van der Waals surface area contributed by atoms with Crippen LogP contribution in [0.2, 0.25) is 0 Å². The van der Waals surface area contributed by atoms with E-state index in [0.717, 1.165) is 18.0 Å². The number of aldehydes is 1. The first kappa shape index (κ1) is 17.5. The van der Waals surface area contributed by atoms with Gasteiger partial charge in [-0.2, -0.15) is 0 Å². The van der Waals surface area contributed by atoms with Crippen molar-refractivity contribution in [2.45, 2.75) is 70.1 Å². The molecule has 1 aliphatic heterocycles. The predicted octanol–water partition coefficient (Wildman–Crippen LogP) is 5.81. The molecule has 0 bridgehead atoms. The summed E-state index contributed by atoms with van der Waals surface area (Å²) in [5.74, 6) is 2.69. The van der Waals surface area contributed by atoms with Crippen LogP contribution in [0.15, 0.2) is 17.0 Å². The molecule has 4 atom stereocenters. The first-order valence-electron chi connectivity index (χ1n) is 9.68. The van der Waals surface area contributed by atoms with Gasteiger partial charge in [0.15, 0.2) is 6.29 Å². The minimum absolute atomic E-state index is 0.116. The number of fused-ring (bicyclic) bond motifs is 5. The molecule has 4 rings (SSSR count). The maximum absolute atomic E-state index is 11.4. The van der Waals surface area contributed by atoms with Crippen LogP contribution in [-0.4, -0.2) is 17.1 Å². The van der Waals surface area contributed by atoms with Crippen LogP contribution in [0.1, 0.15) is 75.7 Å². The molecule has 25 heavy (non-hydrogen) atoms. The van der Waals surface area contributed by atoms with E-state index in [1.54, 1.807) is 0 Å². The zero-order chi connectivity index (χ0) is 18.0. The van der Waals surface area contributed by atoms with Crippen molar-refractivity contribution in [2.24, 2.45) is 22.7 Å². The monoisotopic (exact) mass is 358 g/mol. The molecule has 3 aliphatic rings. The topological polar surface area (TPSA) is 37.3 Å². The Balaban J connectivity index is 1.83. The van der Waals surface area contributed by atoms with E-state index in [-0.39, 0.29) is 11.2 Å². The van der Waals surface area contributed by atoms with Crippen LogP contribution >= 0.6 is 11.8 Å². The molecule has 1 N–H and O–H groups in total. The van der Waals surface area contributed by atoms with Crippen LogP contribution in [0, 0.1) is 22.7 Å². The highest BCUT2D eigenvalue weighted by atomic mass is 32.2. The fourth-order valence-corrected chi connectivity index (χ4v) is 8.50. The number of phenols is 1. The van der Waals surface area contributed by atoms with Gasteiger partial charge < -0.3 is 5.11 Å². The Bertz CT molecular complexity index is 725. The maximum atomic E-state index is 11.4. The van der Waals surface area contributed by atoms with E-state index < -0.39 is 0 Å². The largest absolute Gasteiger partial charge is 0.507 e. The van der Waals surface area contributed by atoms with E-state index in [0.29, 0.717) is 22.3 Å². The molecule has 3 heteroatoms. The lowest BCUT2D eigenvalue weighted by molar-refractivity contribution is -0.0973. The zero-order valence-corrected chi connectivity index (χ0v) is 16.7. The molecule has 1 aromatic rings. The van der Waals surface area contributed by atoms with Gasteiger partial charge in [0.05, 0.1) is 5.56 Å². The maximum Gasteiger partial charge on any atom is 0.153 e. The summed E-state index contributed by atoms with van der Waals surface area (Å²) < 4.78 is 0. The third-order valence-corrected chi connectivity index (χ3v) is 9.22. The van der Waals surface area contributed by atoms with Crippen molar-refractivity contribution >= 4 is 18.0 Å². The Kier molecular flexibility index (Phi) is 3.85. The summed E-state index contributed by atoms with van der Waals surface area (Å²) in [4.78, 5) is 12.6. The van der Waals surface area contributed by atoms with Gasteiger partial charge in [-0.3, -0.25) is 4.79 Å². The Morgan fingerprint density at radius 2 is 1.88 bits per heavy atom. The average Bonchev–Trinajstić information content (AvgIpc) is 2.53. The van der Waals surface area contributed by atoms with E-state index in [1.165, 1.54) is 42.6 Å². The van der Waals surface area contributed by atoms with E-state index in [4.69, 9.17) is 0 Å². The van der Waals surface area contributed by atoms with Crippen molar-refractivity contribution in [2.75, 3.05) is 5.75 Å². The second kappa shape index (κ2) is 5.52. The molecule has 0 aromatic heterocycles. The SMILES string of the molecule is CC1(C)CCC[C@]2(C)[C@H]3CSc4cc(O)c(C=O)cc4[C@]3(C)CC[C@@H]12. The van der Waals surface area contributed by atoms with Crippen LogP contribution in [-0.2, 0) is 5.41 Å². The van der Waals surface area contributed by atoms with E-state index in [1.807, 2.05) is 23.9 Å². The lowest BCUT2D eigenvalue weighted by Gasteiger charge is -2.64. The van der Waals surface area contributed by atoms with Gasteiger partial charge in [0.1, 0.15) is 5.75 Å². The molecule has 2 saturated carbocycles. The number of aromatic hydroxyl groups is 1. The number of benzene rings is 1. The number of hydrogen-bond donors (Lipinski definition) is 1. The van der Waals surface area contributed by atoms with Crippen molar-refractivity contribution in [1.82, 2.24) is 0 Å². The summed E-state index contributed by atoms with van der Waals surface area (Å²) in [6, 6.07) is 3.80. The van der Waals surface area contributed by atoms with Gasteiger partial charge in [-0.05, 0) is 71.5 Å². The molecule has 2 fully saturated rings. The molecule has 0 unspecified atom stereocenters. The molecule has 2 aliphatic carbocycles. The van der Waals surface area contributed by atoms with Gasteiger partial charge in [-0.25, -0.2) is 0 Å². The number of carbonyl (C=O) groups is 1. The van der Waals surface area contributed by atoms with Crippen LogP contribution in [0.3, 0.4) is 0 Å².